The molecular weight excluding hydrogens is 340 g/mol. The summed E-state index contributed by atoms with van der Waals surface area (Å²) in [6, 6.07) is 7.32. The van der Waals surface area contributed by atoms with Crippen molar-refractivity contribution in [3.8, 4) is 0 Å². The lowest BCUT2D eigenvalue weighted by Crippen LogP contribution is -1.86. The minimum Gasteiger partial charge on any atom is -0.239 e. The van der Waals surface area contributed by atoms with Crippen LogP contribution in [0.1, 0.15) is 0 Å². The van der Waals surface area contributed by atoms with Gasteiger partial charge < -0.3 is 0 Å². The molecule has 2 rings (SSSR count). The number of hydrogen-bond donors (Lipinski definition) is 0. The van der Waals surface area contributed by atoms with Crippen molar-refractivity contribution >= 4 is 35.3 Å². The summed E-state index contributed by atoms with van der Waals surface area (Å²) in [5.41, 5.74) is 0. The Balaban J connectivity index is 2.18. The molecule has 0 radical (unpaired) electrons. The molecule has 2 aromatic carbocycles. The third-order valence-electron chi connectivity index (χ3n) is 2.47. The number of benzene rings is 2. The van der Waals surface area contributed by atoms with Gasteiger partial charge in [-0.05, 0) is 36.4 Å². The molecule has 0 N–H and O–H groups in total. The molecule has 2 aromatic rings. The summed E-state index contributed by atoms with van der Waals surface area (Å²) in [6.45, 7) is 0. The minimum atomic E-state index is -0.631. The Kier molecular flexibility index (Phi) is 6.32. The first kappa shape index (κ1) is 16.6. The first-order valence-corrected chi connectivity index (χ1v) is 8.57. The second-order valence-corrected chi connectivity index (χ2v) is 6.83. The highest BCUT2D eigenvalue weighted by Crippen LogP contribution is 2.35. The molecule has 0 bridgehead atoms. The molecule has 0 aliphatic carbocycles. The smallest absolute Gasteiger partial charge is 0.139 e. The van der Waals surface area contributed by atoms with Crippen molar-refractivity contribution in [3.63, 3.8) is 0 Å². The predicted octanol–water partition coefficient (Wildman–Crippen LogP) is 6.15. The minimum absolute atomic E-state index is 0.253. The Bertz CT molecular complexity index is 566. The topological polar surface area (TPSA) is 0 Å². The molecule has 0 aliphatic heterocycles. The Morgan fingerprint density at radius 2 is 1.14 bits per heavy atom. The van der Waals surface area contributed by atoms with Crippen LogP contribution in [-0.2, 0) is 0 Å². The summed E-state index contributed by atoms with van der Waals surface area (Å²) >= 11 is 2.71. The van der Waals surface area contributed by atoms with Crippen LogP contribution in [0, 0.1) is 11.6 Å². The zero-order valence-electron chi connectivity index (χ0n) is 10.6. The normalized spacial score (nSPS) is 10.9. The van der Waals surface area contributed by atoms with Crippen LogP contribution in [0.3, 0.4) is 0 Å². The monoisotopic (exact) mass is 350 g/mol. The number of hydrogen-bond acceptors (Lipinski definition) is 3. The molecule has 0 unspecified atom stereocenters. The average Bonchev–Trinajstić information content (AvgIpc) is 2.45. The first-order valence-electron chi connectivity index (χ1n) is 5.78. The van der Waals surface area contributed by atoms with Gasteiger partial charge in [0.25, 0.3) is 0 Å². The van der Waals surface area contributed by atoms with Crippen LogP contribution in [-0.4, -0.2) is 12.0 Å². The van der Waals surface area contributed by atoms with Crippen LogP contribution in [0.4, 0.5) is 17.6 Å². The van der Waals surface area contributed by atoms with Gasteiger partial charge in [-0.1, -0.05) is 35.3 Å². The SMILES string of the molecule is FCSc1ccc(Sc2ccc(SCF)cc2F)c(F)c1. The molecule has 0 aromatic heterocycles. The maximum atomic E-state index is 13.9. The third-order valence-corrected chi connectivity index (χ3v) is 4.96. The molecule has 21 heavy (non-hydrogen) atoms. The van der Waals surface area contributed by atoms with E-state index in [1.165, 1.54) is 24.3 Å². The fourth-order valence-electron chi connectivity index (χ4n) is 1.55. The Morgan fingerprint density at radius 3 is 1.48 bits per heavy atom. The molecule has 0 spiro atoms. The van der Waals surface area contributed by atoms with Crippen molar-refractivity contribution in [1.82, 2.24) is 0 Å². The second kappa shape index (κ2) is 8.00. The maximum absolute atomic E-state index is 13.9. The summed E-state index contributed by atoms with van der Waals surface area (Å²) in [7, 11) is 0. The van der Waals surface area contributed by atoms with Crippen molar-refractivity contribution in [2.75, 3.05) is 12.0 Å². The zero-order valence-corrected chi connectivity index (χ0v) is 13.1. The summed E-state index contributed by atoms with van der Waals surface area (Å²) in [4.78, 5) is 1.47. The van der Waals surface area contributed by atoms with Crippen LogP contribution in [0.5, 0.6) is 0 Å². The Labute approximate surface area is 132 Å². The van der Waals surface area contributed by atoms with E-state index >= 15 is 0 Å². The predicted molar refractivity (Wildman–Crippen MR) is 80.6 cm³/mol. The van der Waals surface area contributed by atoms with Crippen LogP contribution in [0.15, 0.2) is 56.0 Å². The van der Waals surface area contributed by atoms with E-state index in [1.54, 1.807) is 12.1 Å². The van der Waals surface area contributed by atoms with E-state index in [4.69, 9.17) is 0 Å². The number of rotatable bonds is 6. The van der Waals surface area contributed by atoms with Crippen LogP contribution < -0.4 is 0 Å². The van der Waals surface area contributed by atoms with Gasteiger partial charge in [0.2, 0.25) is 0 Å². The van der Waals surface area contributed by atoms with Gasteiger partial charge in [-0.3, -0.25) is 0 Å². The summed E-state index contributed by atoms with van der Waals surface area (Å²) in [5, 5.41) is 0. The summed E-state index contributed by atoms with van der Waals surface area (Å²) < 4.78 is 52.1. The van der Waals surface area contributed by atoms with Crippen molar-refractivity contribution in [3.05, 3.63) is 48.0 Å². The molecule has 0 amide bonds. The van der Waals surface area contributed by atoms with Crippen molar-refractivity contribution in [2.45, 2.75) is 19.6 Å². The van der Waals surface area contributed by atoms with E-state index < -0.39 is 23.6 Å². The second-order valence-electron chi connectivity index (χ2n) is 3.79. The lowest BCUT2D eigenvalue weighted by molar-refractivity contribution is 0.590. The lowest BCUT2D eigenvalue weighted by Gasteiger charge is -2.07. The Morgan fingerprint density at radius 1 is 0.714 bits per heavy atom. The molecule has 0 aliphatic rings. The van der Waals surface area contributed by atoms with Gasteiger partial charge in [0.05, 0.1) is 0 Å². The highest BCUT2D eigenvalue weighted by atomic mass is 32.2. The van der Waals surface area contributed by atoms with E-state index in [0.717, 1.165) is 35.3 Å². The quantitative estimate of drug-likeness (QED) is 0.453. The molecule has 0 atom stereocenters. The van der Waals surface area contributed by atoms with E-state index in [-0.39, 0.29) is 9.79 Å². The Hall–Kier alpha value is -0.790. The van der Waals surface area contributed by atoms with E-state index in [0.29, 0.717) is 9.79 Å². The number of thioether (sulfide) groups is 2. The molecule has 0 nitrogen and oxygen atoms in total. The molecule has 112 valence electrons. The van der Waals surface area contributed by atoms with Gasteiger partial charge >= 0.3 is 0 Å². The van der Waals surface area contributed by atoms with Gasteiger partial charge in [-0.15, -0.1) is 0 Å². The molecule has 0 saturated carbocycles. The van der Waals surface area contributed by atoms with Crippen molar-refractivity contribution < 1.29 is 17.6 Å². The van der Waals surface area contributed by atoms with Gasteiger partial charge in [-0.25, -0.2) is 17.6 Å². The highest BCUT2D eigenvalue weighted by Gasteiger charge is 2.10. The lowest BCUT2D eigenvalue weighted by atomic mass is 10.3. The number of alkyl halides is 2. The van der Waals surface area contributed by atoms with Crippen molar-refractivity contribution in [1.29, 1.82) is 0 Å². The molecule has 0 saturated heterocycles. The summed E-state index contributed by atoms with van der Waals surface area (Å²) in [6.07, 6.45) is 0. The van der Waals surface area contributed by atoms with Gasteiger partial charge in [0.15, 0.2) is 0 Å². The third kappa shape index (κ3) is 4.59. The largest absolute Gasteiger partial charge is 0.239 e. The van der Waals surface area contributed by atoms with Gasteiger partial charge in [0.1, 0.15) is 23.6 Å². The fourth-order valence-corrected chi connectivity index (χ4v) is 3.33. The van der Waals surface area contributed by atoms with Gasteiger partial charge in [-0.2, -0.15) is 0 Å². The maximum Gasteiger partial charge on any atom is 0.139 e. The first-order chi connectivity index (χ1) is 10.1. The average molecular weight is 350 g/mol. The highest BCUT2D eigenvalue weighted by molar-refractivity contribution is 8.00. The van der Waals surface area contributed by atoms with Crippen LogP contribution in [0.2, 0.25) is 0 Å². The summed E-state index contributed by atoms with van der Waals surface area (Å²) in [5.74, 6) is -1.06. The number of halogens is 4. The van der Waals surface area contributed by atoms with Crippen molar-refractivity contribution in [2.24, 2.45) is 0 Å². The van der Waals surface area contributed by atoms with E-state index in [9.17, 15) is 17.6 Å². The zero-order chi connectivity index (χ0) is 15.2. The molecule has 7 heteroatoms. The fraction of sp³-hybridized carbons (Fsp3) is 0.143. The van der Waals surface area contributed by atoms with Gasteiger partial charge in [0, 0.05) is 19.6 Å². The van der Waals surface area contributed by atoms with Crippen LogP contribution in [0.25, 0.3) is 0 Å². The van der Waals surface area contributed by atoms with E-state index in [2.05, 4.69) is 0 Å². The standard InChI is InChI=1S/C14H10F4S3/c15-7-19-9-1-3-13(11(17)5-9)21-14-4-2-10(20-8-16)6-12(14)18/h1-6H,7-8H2. The molecule has 0 fully saturated rings. The molecule has 0 heterocycles. The van der Waals surface area contributed by atoms with E-state index in [1.807, 2.05) is 0 Å². The van der Waals surface area contributed by atoms with Crippen LogP contribution >= 0.6 is 35.3 Å². The molecular formula is C14H10F4S3.